The lowest BCUT2D eigenvalue weighted by molar-refractivity contribution is 0.245. The number of amides is 2. The van der Waals surface area contributed by atoms with Gasteiger partial charge in [-0.25, -0.2) is 9.78 Å². The fourth-order valence-corrected chi connectivity index (χ4v) is 1.06. The van der Waals surface area contributed by atoms with Crippen LogP contribution < -0.4 is 16.0 Å². The van der Waals surface area contributed by atoms with Crippen molar-refractivity contribution >= 4 is 17.5 Å². The quantitative estimate of drug-likeness (QED) is 0.767. The summed E-state index contributed by atoms with van der Waals surface area (Å²) in [5.74, 6) is 0.441. The second-order valence-corrected chi connectivity index (χ2v) is 3.60. The van der Waals surface area contributed by atoms with E-state index in [0.717, 1.165) is 0 Å². The zero-order chi connectivity index (χ0) is 11.4. The SMILES string of the molecule is CC(C)NC(=O)N(C)c1ccc(N)nc1. The number of hydrogen-bond donors (Lipinski definition) is 2. The maximum Gasteiger partial charge on any atom is 0.321 e. The smallest absolute Gasteiger partial charge is 0.321 e. The van der Waals surface area contributed by atoms with Crippen LogP contribution in [0, 0.1) is 0 Å². The van der Waals surface area contributed by atoms with E-state index in [1.165, 1.54) is 4.90 Å². The Morgan fingerprint density at radius 1 is 1.53 bits per heavy atom. The summed E-state index contributed by atoms with van der Waals surface area (Å²) >= 11 is 0. The van der Waals surface area contributed by atoms with Crippen molar-refractivity contribution in [1.82, 2.24) is 10.3 Å². The molecule has 82 valence electrons. The van der Waals surface area contributed by atoms with Crippen molar-refractivity contribution in [3.63, 3.8) is 0 Å². The molecular weight excluding hydrogens is 192 g/mol. The molecule has 0 saturated carbocycles. The van der Waals surface area contributed by atoms with Crippen LogP contribution in [0.15, 0.2) is 18.3 Å². The molecule has 0 unspecified atom stereocenters. The van der Waals surface area contributed by atoms with Gasteiger partial charge in [-0.3, -0.25) is 4.90 Å². The first-order valence-electron chi connectivity index (χ1n) is 4.76. The van der Waals surface area contributed by atoms with E-state index in [1.807, 2.05) is 13.8 Å². The number of carbonyl (C=O) groups is 1. The lowest BCUT2D eigenvalue weighted by Gasteiger charge is -2.19. The molecular formula is C10H16N4O. The van der Waals surface area contributed by atoms with Gasteiger partial charge in [0.05, 0.1) is 11.9 Å². The third kappa shape index (κ3) is 3.12. The molecule has 0 aliphatic rings. The Hall–Kier alpha value is -1.78. The summed E-state index contributed by atoms with van der Waals surface area (Å²) in [6.07, 6.45) is 1.56. The molecule has 5 heteroatoms. The predicted octanol–water partition coefficient (Wildman–Crippen LogP) is 1.22. The highest BCUT2D eigenvalue weighted by Gasteiger charge is 2.11. The van der Waals surface area contributed by atoms with Crippen molar-refractivity contribution in [1.29, 1.82) is 0 Å². The number of rotatable bonds is 2. The summed E-state index contributed by atoms with van der Waals surface area (Å²) in [5.41, 5.74) is 6.16. The number of pyridine rings is 1. The van der Waals surface area contributed by atoms with Gasteiger partial charge in [-0.15, -0.1) is 0 Å². The highest BCUT2D eigenvalue weighted by Crippen LogP contribution is 2.11. The molecule has 0 aliphatic heterocycles. The van der Waals surface area contributed by atoms with Crippen molar-refractivity contribution in [2.24, 2.45) is 0 Å². The fraction of sp³-hybridized carbons (Fsp3) is 0.400. The summed E-state index contributed by atoms with van der Waals surface area (Å²) in [6, 6.07) is 3.37. The van der Waals surface area contributed by atoms with Crippen LogP contribution in [0.5, 0.6) is 0 Å². The van der Waals surface area contributed by atoms with Crippen LogP contribution in [0.25, 0.3) is 0 Å². The van der Waals surface area contributed by atoms with E-state index in [1.54, 1.807) is 25.4 Å². The Bertz CT molecular complexity index is 334. The number of nitrogens with two attached hydrogens (primary N) is 1. The lowest BCUT2D eigenvalue weighted by Crippen LogP contribution is -2.40. The molecule has 1 heterocycles. The van der Waals surface area contributed by atoms with Gasteiger partial charge < -0.3 is 11.1 Å². The van der Waals surface area contributed by atoms with Gasteiger partial charge in [0.15, 0.2) is 0 Å². The van der Waals surface area contributed by atoms with Crippen LogP contribution in [-0.2, 0) is 0 Å². The molecule has 0 atom stereocenters. The molecule has 1 aromatic rings. The van der Waals surface area contributed by atoms with E-state index >= 15 is 0 Å². The molecule has 0 spiro atoms. The molecule has 0 bridgehead atoms. The van der Waals surface area contributed by atoms with Gasteiger partial charge in [0.1, 0.15) is 5.82 Å². The average molecular weight is 208 g/mol. The van der Waals surface area contributed by atoms with Gasteiger partial charge in [-0.1, -0.05) is 0 Å². The highest BCUT2D eigenvalue weighted by molar-refractivity contribution is 5.91. The standard InChI is InChI=1S/C10H16N4O/c1-7(2)13-10(15)14(3)8-4-5-9(11)12-6-8/h4-7H,1-3H3,(H2,11,12)(H,13,15). The van der Waals surface area contributed by atoms with E-state index in [2.05, 4.69) is 10.3 Å². The number of urea groups is 1. The minimum absolute atomic E-state index is 0.113. The lowest BCUT2D eigenvalue weighted by atomic mass is 10.3. The minimum atomic E-state index is -0.156. The summed E-state index contributed by atoms with van der Waals surface area (Å²) in [5, 5.41) is 2.78. The highest BCUT2D eigenvalue weighted by atomic mass is 16.2. The van der Waals surface area contributed by atoms with Crippen molar-refractivity contribution in [3.05, 3.63) is 18.3 Å². The van der Waals surface area contributed by atoms with E-state index in [9.17, 15) is 4.79 Å². The molecule has 0 fully saturated rings. The first kappa shape index (κ1) is 11.3. The topological polar surface area (TPSA) is 71.2 Å². The Labute approximate surface area is 89.3 Å². The monoisotopic (exact) mass is 208 g/mol. The summed E-state index contributed by atoms with van der Waals surface area (Å²) < 4.78 is 0. The van der Waals surface area contributed by atoms with Crippen molar-refractivity contribution < 1.29 is 4.79 Å². The third-order valence-corrected chi connectivity index (χ3v) is 1.87. The molecule has 1 rings (SSSR count). The molecule has 0 aromatic carbocycles. The largest absolute Gasteiger partial charge is 0.384 e. The maximum atomic E-state index is 11.6. The zero-order valence-corrected chi connectivity index (χ0v) is 9.19. The van der Waals surface area contributed by atoms with Crippen LogP contribution in [0.1, 0.15) is 13.8 Å². The summed E-state index contributed by atoms with van der Waals surface area (Å²) in [7, 11) is 1.69. The molecule has 0 saturated heterocycles. The molecule has 0 radical (unpaired) electrons. The van der Waals surface area contributed by atoms with Crippen LogP contribution in [0.3, 0.4) is 0 Å². The van der Waals surface area contributed by atoms with Gasteiger partial charge in [0.25, 0.3) is 0 Å². The average Bonchev–Trinajstić information content (AvgIpc) is 2.17. The first-order valence-corrected chi connectivity index (χ1v) is 4.76. The maximum absolute atomic E-state index is 11.6. The van der Waals surface area contributed by atoms with Crippen LogP contribution in [0.4, 0.5) is 16.3 Å². The Kier molecular flexibility index (Phi) is 3.49. The molecule has 1 aromatic heterocycles. The van der Waals surface area contributed by atoms with Gasteiger partial charge in [0, 0.05) is 13.1 Å². The molecule has 3 N–H and O–H groups in total. The van der Waals surface area contributed by atoms with Gasteiger partial charge in [-0.05, 0) is 26.0 Å². The van der Waals surface area contributed by atoms with E-state index in [-0.39, 0.29) is 12.1 Å². The Morgan fingerprint density at radius 2 is 2.20 bits per heavy atom. The number of hydrogen-bond acceptors (Lipinski definition) is 3. The molecule has 5 nitrogen and oxygen atoms in total. The summed E-state index contributed by atoms with van der Waals surface area (Å²) in [6.45, 7) is 3.82. The summed E-state index contributed by atoms with van der Waals surface area (Å²) in [4.78, 5) is 17.0. The van der Waals surface area contributed by atoms with Gasteiger partial charge in [0.2, 0.25) is 0 Å². The van der Waals surface area contributed by atoms with Crippen molar-refractivity contribution in [3.8, 4) is 0 Å². The first-order chi connectivity index (χ1) is 7.00. The number of aromatic nitrogens is 1. The van der Waals surface area contributed by atoms with E-state index in [4.69, 9.17) is 5.73 Å². The number of carbonyl (C=O) groups excluding carboxylic acids is 1. The molecule has 2 amide bonds. The van der Waals surface area contributed by atoms with Crippen LogP contribution >= 0.6 is 0 Å². The number of anilines is 2. The number of nitrogens with one attached hydrogen (secondary N) is 1. The Morgan fingerprint density at radius 3 is 2.67 bits per heavy atom. The van der Waals surface area contributed by atoms with Crippen molar-refractivity contribution in [2.45, 2.75) is 19.9 Å². The van der Waals surface area contributed by atoms with Crippen LogP contribution in [-0.4, -0.2) is 24.1 Å². The number of nitrogens with zero attached hydrogens (tertiary/aromatic N) is 2. The minimum Gasteiger partial charge on any atom is -0.384 e. The van der Waals surface area contributed by atoms with Crippen molar-refractivity contribution in [2.75, 3.05) is 17.7 Å². The second-order valence-electron chi connectivity index (χ2n) is 3.60. The predicted molar refractivity (Wildman–Crippen MR) is 60.7 cm³/mol. The zero-order valence-electron chi connectivity index (χ0n) is 9.19. The Balaban J connectivity index is 2.71. The number of nitrogen functional groups attached to an aromatic ring is 1. The van der Waals surface area contributed by atoms with E-state index in [0.29, 0.717) is 11.5 Å². The van der Waals surface area contributed by atoms with Gasteiger partial charge in [-0.2, -0.15) is 0 Å². The third-order valence-electron chi connectivity index (χ3n) is 1.87. The van der Waals surface area contributed by atoms with E-state index < -0.39 is 0 Å². The van der Waals surface area contributed by atoms with Crippen LogP contribution in [0.2, 0.25) is 0 Å². The molecule has 15 heavy (non-hydrogen) atoms. The second kappa shape index (κ2) is 4.63. The molecule has 0 aliphatic carbocycles. The fourth-order valence-electron chi connectivity index (χ4n) is 1.06. The van der Waals surface area contributed by atoms with Gasteiger partial charge >= 0.3 is 6.03 Å². The normalized spacial score (nSPS) is 10.1.